The number of nitrogens with one attached hydrogen (secondary N) is 1. The Balaban J connectivity index is 1.37. The van der Waals surface area contributed by atoms with Crippen molar-refractivity contribution in [1.29, 1.82) is 0 Å². The molecule has 2 aromatic heterocycles. The first-order valence-electron chi connectivity index (χ1n) is 10.3. The van der Waals surface area contributed by atoms with Crippen LogP contribution in [-0.4, -0.2) is 34.1 Å². The van der Waals surface area contributed by atoms with Gasteiger partial charge in [0.2, 0.25) is 5.91 Å². The summed E-state index contributed by atoms with van der Waals surface area (Å²) in [5, 5.41) is 2.83. The fourth-order valence-corrected chi connectivity index (χ4v) is 4.13. The van der Waals surface area contributed by atoms with E-state index in [1.807, 2.05) is 41.9 Å². The molecule has 1 N–H and O–H groups in total. The van der Waals surface area contributed by atoms with Crippen LogP contribution in [0.4, 0.5) is 5.69 Å². The third kappa shape index (κ3) is 5.53. The maximum absolute atomic E-state index is 12.7. The molecule has 1 amide bonds. The lowest BCUT2D eigenvalue weighted by Gasteiger charge is -2.10. The minimum atomic E-state index is -0.458. The summed E-state index contributed by atoms with van der Waals surface area (Å²) in [4.78, 5) is 30.3. The van der Waals surface area contributed by atoms with Crippen molar-refractivity contribution in [2.24, 2.45) is 0 Å². The van der Waals surface area contributed by atoms with Crippen LogP contribution in [-0.2, 0) is 16.1 Å². The highest BCUT2D eigenvalue weighted by Gasteiger charge is 2.15. The third-order valence-corrected chi connectivity index (χ3v) is 5.97. The maximum Gasteiger partial charge on any atom is 0.339 e. The molecule has 4 rings (SSSR count). The van der Waals surface area contributed by atoms with Gasteiger partial charge in [0.15, 0.2) is 0 Å². The topological polar surface area (TPSA) is 81.9 Å². The number of amides is 1. The number of hydrogen-bond donors (Lipinski definition) is 1. The normalized spacial score (nSPS) is 10.7. The number of thioether (sulfide) groups is 1. The molecule has 8 heteroatoms. The fourth-order valence-electron chi connectivity index (χ4n) is 3.29. The molecular formula is C25H23N3O4S. The number of carbonyl (C=O) groups is 2. The van der Waals surface area contributed by atoms with Crippen LogP contribution in [0.5, 0.6) is 5.75 Å². The first-order valence-corrected chi connectivity index (χ1v) is 11.3. The molecular weight excluding hydrogens is 438 g/mol. The number of fused-ring (bicyclic) bond motifs is 1. The van der Waals surface area contributed by atoms with Gasteiger partial charge in [0.1, 0.15) is 18.0 Å². The quantitative estimate of drug-likeness (QED) is 0.302. The maximum atomic E-state index is 12.7. The van der Waals surface area contributed by atoms with Gasteiger partial charge in [0.25, 0.3) is 0 Å². The van der Waals surface area contributed by atoms with Crippen molar-refractivity contribution >= 4 is 35.0 Å². The summed E-state index contributed by atoms with van der Waals surface area (Å²) in [5.74, 6) is 0.165. The Labute approximate surface area is 195 Å². The number of hydrogen-bond acceptors (Lipinski definition) is 6. The predicted octanol–water partition coefficient (Wildman–Crippen LogP) is 4.74. The highest BCUT2D eigenvalue weighted by molar-refractivity contribution is 8.00. The summed E-state index contributed by atoms with van der Waals surface area (Å²) in [5.41, 5.74) is 3.61. The minimum absolute atomic E-state index is 0.0648. The number of carbonyl (C=O) groups excluding carboxylic acids is 2. The number of anilines is 1. The largest absolute Gasteiger partial charge is 0.497 e. The molecule has 0 saturated carbocycles. The molecule has 168 valence electrons. The Morgan fingerprint density at radius 3 is 2.76 bits per heavy atom. The van der Waals surface area contributed by atoms with E-state index >= 15 is 0 Å². The number of benzene rings is 2. The number of nitrogens with zero attached hydrogens (tertiary/aromatic N) is 2. The number of pyridine rings is 1. The first-order chi connectivity index (χ1) is 16.0. The Hall–Kier alpha value is -3.78. The van der Waals surface area contributed by atoms with E-state index in [1.54, 1.807) is 49.6 Å². The molecule has 33 heavy (non-hydrogen) atoms. The van der Waals surface area contributed by atoms with Crippen LogP contribution in [0.2, 0.25) is 0 Å². The van der Waals surface area contributed by atoms with Gasteiger partial charge in [-0.2, -0.15) is 0 Å². The first kappa shape index (κ1) is 22.4. The second-order valence-electron chi connectivity index (χ2n) is 7.30. The van der Waals surface area contributed by atoms with Crippen LogP contribution >= 0.6 is 11.8 Å². The molecule has 0 unspecified atom stereocenters. The van der Waals surface area contributed by atoms with Gasteiger partial charge in [0, 0.05) is 29.0 Å². The van der Waals surface area contributed by atoms with Crippen molar-refractivity contribution in [2.45, 2.75) is 18.4 Å². The van der Waals surface area contributed by atoms with Crippen molar-refractivity contribution in [2.75, 3.05) is 18.2 Å². The Bertz CT molecular complexity index is 1300. The van der Waals surface area contributed by atoms with Crippen LogP contribution in [0.15, 0.2) is 78.0 Å². The third-order valence-electron chi connectivity index (χ3n) is 4.90. The summed E-state index contributed by atoms with van der Waals surface area (Å²) in [6.45, 7) is 2.05. The molecule has 0 bridgehead atoms. The van der Waals surface area contributed by atoms with Gasteiger partial charge < -0.3 is 19.2 Å². The summed E-state index contributed by atoms with van der Waals surface area (Å²) in [6.07, 6.45) is 3.75. The van der Waals surface area contributed by atoms with E-state index < -0.39 is 5.97 Å². The van der Waals surface area contributed by atoms with Gasteiger partial charge >= 0.3 is 5.97 Å². The van der Waals surface area contributed by atoms with Crippen molar-refractivity contribution in [1.82, 2.24) is 9.38 Å². The van der Waals surface area contributed by atoms with Crippen molar-refractivity contribution in [3.8, 4) is 5.75 Å². The van der Waals surface area contributed by atoms with Gasteiger partial charge in [0.05, 0.1) is 24.1 Å². The zero-order valence-electron chi connectivity index (χ0n) is 18.3. The number of aryl methyl sites for hydroxylation is 1. The average molecular weight is 462 g/mol. The van der Waals surface area contributed by atoms with Crippen LogP contribution in [0.1, 0.15) is 21.6 Å². The zero-order valence-corrected chi connectivity index (χ0v) is 19.1. The van der Waals surface area contributed by atoms with Crippen LogP contribution < -0.4 is 10.1 Å². The predicted molar refractivity (Wildman–Crippen MR) is 128 cm³/mol. The number of aromatic nitrogens is 2. The van der Waals surface area contributed by atoms with Crippen LogP contribution in [0.25, 0.3) is 5.65 Å². The van der Waals surface area contributed by atoms with Crippen LogP contribution in [0, 0.1) is 6.92 Å². The number of ether oxygens (including phenoxy) is 2. The molecule has 0 aliphatic rings. The zero-order chi connectivity index (χ0) is 23.2. The molecule has 0 radical (unpaired) electrons. The second-order valence-corrected chi connectivity index (χ2v) is 8.31. The average Bonchev–Trinajstić information content (AvgIpc) is 3.26. The van der Waals surface area contributed by atoms with Crippen molar-refractivity contribution in [3.05, 3.63) is 89.9 Å². The van der Waals surface area contributed by atoms with E-state index in [-0.39, 0.29) is 18.3 Å². The summed E-state index contributed by atoms with van der Waals surface area (Å²) in [7, 11) is 1.57. The van der Waals surface area contributed by atoms with E-state index in [1.165, 1.54) is 11.8 Å². The SMILES string of the molecule is COc1cccc(NC(=O)CSc2ccccc2C(=O)OCc2cn3cccc(C)c3n2)c1. The number of imidazole rings is 1. The second kappa shape index (κ2) is 10.2. The van der Waals surface area contributed by atoms with Gasteiger partial charge in [-0.15, -0.1) is 11.8 Å². The molecule has 0 aliphatic heterocycles. The van der Waals surface area contributed by atoms with E-state index in [0.29, 0.717) is 27.6 Å². The monoisotopic (exact) mass is 461 g/mol. The van der Waals surface area contributed by atoms with E-state index in [2.05, 4.69) is 10.3 Å². The lowest BCUT2D eigenvalue weighted by atomic mass is 10.2. The molecule has 0 fully saturated rings. The lowest BCUT2D eigenvalue weighted by molar-refractivity contribution is -0.113. The van der Waals surface area contributed by atoms with E-state index in [4.69, 9.17) is 9.47 Å². The summed E-state index contributed by atoms with van der Waals surface area (Å²) >= 11 is 1.28. The van der Waals surface area contributed by atoms with Crippen molar-refractivity contribution in [3.63, 3.8) is 0 Å². The summed E-state index contributed by atoms with van der Waals surface area (Å²) in [6, 6.07) is 18.2. The Morgan fingerprint density at radius 2 is 1.94 bits per heavy atom. The lowest BCUT2D eigenvalue weighted by Crippen LogP contribution is -2.14. The van der Waals surface area contributed by atoms with E-state index in [9.17, 15) is 9.59 Å². The molecule has 0 saturated heterocycles. The molecule has 4 aromatic rings. The highest BCUT2D eigenvalue weighted by Crippen LogP contribution is 2.24. The van der Waals surface area contributed by atoms with Gasteiger partial charge in [-0.3, -0.25) is 4.79 Å². The standard InChI is InChI=1S/C25H23N3O4S/c1-17-7-6-12-28-14-19(27-24(17)28)15-32-25(30)21-10-3-4-11-22(21)33-16-23(29)26-18-8-5-9-20(13-18)31-2/h3-14H,15-16H2,1-2H3,(H,26,29). The smallest absolute Gasteiger partial charge is 0.339 e. The van der Waals surface area contributed by atoms with Crippen molar-refractivity contribution < 1.29 is 19.1 Å². The number of methoxy groups -OCH3 is 1. The van der Waals surface area contributed by atoms with Gasteiger partial charge in [-0.1, -0.05) is 24.3 Å². The molecule has 0 atom stereocenters. The minimum Gasteiger partial charge on any atom is -0.497 e. The van der Waals surface area contributed by atoms with E-state index in [0.717, 1.165) is 11.2 Å². The molecule has 2 heterocycles. The summed E-state index contributed by atoms with van der Waals surface area (Å²) < 4.78 is 12.6. The molecule has 0 spiro atoms. The number of rotatable bonds is 8. The molecule has 7 nitrogen and oxygen atoms in total. The van der Waals surface area contributed by atoms with Crippen LogP contribution in [0.3, 0.4) is 0 Å². The number of esters is 1. The molecule has 2 aromatic carbocycles. The Kier molecular flexibility index (Phi) is 6.95. The fraction of sp³-hybridized carbons (Fsp3) is 0.160. The molecule has 0 aliphatic carbocycles. The Morgan fingerprint density at radius 1 is 1.09 bits per heavy atom. The highest BCUT2D eigenvalue weighted by atomic mass is 32.2. The van der Waals surface area contributed by atoms with Gasteiger partial charge in [-0.25, -0.2) is 9.78 Å². The van der Waals surface area contributed by atoms with Gasteiger partial charge in [-0.05, 0) is 42.8 Å².